The maximum Gasteiger partial charge on any atom is 0.513 e. The molecule has 1 amide bonds. The van der Waals surface area contributed by atoms with Crippen molar-refractivity contribution in [3.8, 4) is 5.75 Å². The first kappa shape index (κ1) is 25.7. The number of fused-ring (bicyclic) bond motifs is 1. The molecule has 0 fully saturated rings. The Morgan fingerprint density at radius 3 is 1.88 bits per heavy atom. The van der Waals surface area contributed by atoms with Gasteiger partial charge in [0.05, 0.1) is 7.11 Å². The molecule has 4 rings (SSSR count). The molecule has 1 heterocycles. The number of para-hydroxylation sites is 1. The number of aryl methyl sites for hydroxylation is 1. The van der Waals surface area contributed by atoms with Gasteiger partial charge in [-0.2, -0.15) is 0 Å². The molecule has 0 spiro atoms. The lowest BCUT2D eigenvalue weighted by Gasteiger charge is -2.30. The zero-order valence-electron chi connectivity index (χ0n) is 20.5. The lowest BCUT2D eigenvalue weighted by atomic mass is 9.70. The molecule has 33 heavy (non-hydrogen) atoms. The van der Waals surface area contributed by atoms with Gasteiger partial charge in [-0.05, 0) is 36.2 Å². The van der Waals surface area contributed by atoms with Gasteiger partial charge in [-0.25, -0.2) is 4.79 Å². The highest BCUT2D eigenvalue weighted by Gasteiger charge is 2.52. The molecule has 0 aliphatic carbocycles. The number of ether oxygens (including phenoxy) is 2. The highest BCUT2D eigenvalue weighted by Crippen LogP contribution is 2.50. The van der Waals surface area contributed by atoms with E-state index >= 15 is 0 Å². The van der Waals surface area contributed by atoms with Crippen LogP contribution in [-0.2, 0) is 14.9 Å². The predicted octanol–water partition coefficient (Wildman–Crippen LogP) is 6.50. The summed E-state index contributed by atoms with van der Waals surface area (Å²) < 4.78 is 9.64. The molecule has 0 bridgehead atoms. The molecule has 1 aliphatic heterocycles. The Morgan fingerprint density at radius 1 is 0.818 bits per heavy atom. The van der Waals surface area contributed by atoms with E-state index in [0.717, 1.165) is 27.9 Å². The van der Waals surface area contributed by atoms with E-state index in [0.29, 0.717) is 5.75 Å². The SMILES string of the molecule is CC.CC.COC(=O)Oc1ccc(C2(c3ccc(C)cc3)C(=O)N(C)c3ccccc32)cc1. The van der Waals surface area contributed by atoms with Crippen LogP contribution in [0, 0.1) is 6.92 Å². The van der Waals surface area contributed by atoms with E-state index in [2.05, 4.69) is 4.74 Å². The molecule has 5 nitrogen and oxygen atoms in total. The second-order valence-electron chi connectivity index (χ2n) is 7.08. The molecular formula is C28H33NO4. The number of rotatable bonds is 3. The number of anilines is 1. The molecule has 0 saturated carbocycles. The van der Waals surface area contributed by atoms with Gasteiger partial charge in [0.1, 0.15) is 11.2 Å². The van der Waals surface area contributed by atoms with Crippen molar-refractivity contribution in [3.05, 3.63) is 95.1 Å². The van der Waals surface area contributed by atoms with Gasteiger partial charge in [0.2, 0.25) is 5.91 Å². The Hall–Kier alpha value is -3.60. The maximum absolute atomic E-state index is 13.7. The number of methoxy groups -OCH3 is 1. The van der Waals surface area contributed by atoms with Crippen LogP contribution in [0.3, 0.4) is 0 Å². The highest BCUT2D eigenvalue weighted by atomic mass is 16.7. The van der Waals surface area contributed by atoms with Crippen LogP contribution in [0.15, 0.2) is 72.8 Å². The fourth-order valence-electron chi connectivity index (χ4n) is 4.00. The standard InChI is InChI=1S/C24H21NO4.2C2H6/c1-16-8-10-17(11-9-16)24(18-12-14-19(15-13-18)29-23(27)28-3)20-6-4-5-7-21(20)25(2)22(24)26;2*1-2/h4-15H,1-3H3;2*1-2H3. The normalized spacial score (nSPS) is 16.0. The van der Waals surface area contributed by atoms with Gasteiger partial charge in [0, 0.05) is 18.3 Å². The molecule has 0 aromatic heterocycles. The summed E-state index contributed by atoms with van der Waals surface area (Å²) >= 11 is 0. The number of hydrogen-bond donors (Lipinski definition) is 0. The summed E-state index contributed by atoms with van der Waals surface area (Å²) in [6, 6.07) is 22.9. The van der Waals surface area contributed by atoms with E-state index in [1.807, 2.05) is 95.3 Å². The van der Waals surface area contributed by atoms with Crippen molar-refractivity contribution in [2.24, 2.45) is 0 Å². The first-order chi connectivity index (χ1) is 16.0. The van der Waals surface area contributed by atoms with Gasteiger partial charge in [0.15, 0.2) is 0 Å². The highest BCUT2D eigenvalue weighted by molar-refractivity contribution is 6.12. The summed E-state index contributed by atoms with van der Waals surface area (Å²) in [5, 5.41) is 0. The Labute approximate surface area is 197 Å². The van der Waals surface area contributed by atoms with Gasteiger partial charge in [-0.3, -0.25) is 4.79 Å². The van der Waals surface area contributed by atoms with Crippen molar-refractivity contribution >= 4 is 17.7 Å². The third-order valence-corrected chi connectivity index (χ3v) is 5.43. The average molecular weight is 448 g/mol. The van der Waals surface area contributed by atoms with E-state index in [-0.39, 0.29) is 5.91 Å². The molecule has 0 saturated heterocycles. The third-order valence-electron chi connectivity index (χ3n) is 5.43. The molecule has 1 atom stereocenters. The smallest absolute Gasteiger partial charge is 0.437 e. The van der Waals surface area contributed by atoms with Crippen LogP contribution in [0.5, 0.6) is 5.75 Å². The first-order valence-corrected chi connectivity index (χ1v) is 11.3. The predicted molar refractivity (Wildman–Crippen MR) is 133 cm³/mol. The summed E-state index contributed by atoms with van der Waals surface area (Å²) in [6.45, 7) is 10.0. The fraction of sp³-hybridized carbons (Fsp3) is 0.286. The van der Waals surface area contributed by atoms with Crippen LogP contribution in [0.4, 0.5) is 10.5 Å². The van der Waals surface area contributed by atoms with Gasteiger partial charge < -0.3 is 14.4 Å². The number of benzene rings is 3. The molecule has 1 aliphatic rings. The number of amides is 1. The van der Waals surface area contributed by atoms with E-state index in [1.165, 1.54) is 7.11 Å². The fourth-order valence-corrected chi connectivity index (χ4v) is 4.00. The van der Waals surface area contributed by atoms with E-state index < -0.39 is 11.6 Å². The zero-order chi connectivity index (χ0) is 24.6. The molecule has 174 valence electrons. The largest absolute Gasteiger partial charge is 0.513 e. The number of likely N-dealkylation sites (N-methyl/N-ethyl adjacent to an activating group) is 1. The number of carbonyl (C=O) groups is 2. The topological polar surface area (TPSA) is 55.8 Å². The summed E-state index contributed by atoms with van der Waals surface area (Å²) in [6.07, 6.45) is -0.784. The average Bonchev–Trinajstić information content (AvgIpc) is 3.10. The van der Waals surface area contributed by atoms with Crippen molar-refractivity contribution in [1.29, 1.82) is 0 Å². The monoisotopic (exact) mass is 447 g/mol. The third kappa shape index (κ3) is 4.63. The number of nitrogens with zero attached hydrogens (tertiary/aromatic N) is 1. The van der Waals surface area contributed by atoms with Crippen molar-refractivity contribution in [1.82, 2.24) is 0 Å². The molecule has 1 unspecified atom stereocenters. The molecule has 3 aromatic rings. The van der Waals surface area contributed by atoms with Crippen molar-refractivity contribution in [3.63, 3.8) is 0 Å². The van der Waals surface area contributed by atoms with Crippen LogP contribution in [0.2, 0.25) is 0 Å². The second kappa shape index (κ2) is 11.3. The van der Waals surface area contributed by atoms with Crippen LogP contribution in [-0.4, -0.2) is 26.2 Å². The Morgan fingerprint density at radius 2 is 1.33 bits per heavy atom. The first-order valence-electron chi connectivity index (χ1n) is 11.3. The number of carbonyl (C=O) groups excluding carboxylic acids is 2. The minimum Gasteiger partial charge on any atom is -0.437 e. The molecule has 0 N–H and O–H groups in total. The summed E-state index contributed by atoms with van der Waals surface area (Å²) in [4.78, 5) is 26.8. The van der Waals surface area contributed by atoms with Gasteiger partial charge >= 0.3 is 6.16 Å². The van der Waals surface area contributed by atoms with Gasteiger partial charge in [0.25, 0.3) is 0 Å². The van der Waals surface area contributed by atoms with Crippen LogP contribution in [0.25, 0.3) is 0 Å². The lowest BCUT2D eigenvalue weighted by molar-refractivity contribution is -0.120. The summed E-state index contributed by atoms with van der Waals surface area (Å²) in [7, 11) is 3.05. The van der Waals surface area contributed by atoms with E-state index in [1.54, 1.807) is 24.1 Å². The van der Waals surface area contributed by atoms with Crippen molar-refractivity contribution < 1.29 is 19.1 Å². The molecule has 0 radical (unpaired) electrons. The van der Waals surface area contributed by atoms with Crippen LogP contribution >= 0.6 is 0 Å². The second-order valence-corrected chi connectivity index (χ2v) is 7.08. The molecular weight excluding hydrogens is 414 g/mol. The van der Waals surface area contributed by atoms with Crippen molar-refractivity contribution in [2.45, 2.75) is 40.0 Å². The summed E-state index contributed by atoms with van der Waals surface area (Å²) in [5.41, 5.74) is 3.67. The Kier molecular flexibility index (Phi) is 8.80. The molecule has 3 aromatic carbocycles. The van der Waals surface area contributed by atoms with Gasteiger partial charge in [-0.15, -0.1) is 0 Å². The number of hydrogen-bond acceptors (Lipinski definition) is 4. The zero-order valence-corrected chi connectivity index (χ0v) is 20.5. The van der Waals surface area contributed by atoms with E-state index in [9.17, 15) is 9.59 Å². The lowest BCUT2D eigenvalue weighted by Crippen LogP contribution is -2.40. The van der Waals surface area contributed by atoms with Crippen molar-refractivity contribution in [2.75, 3.05) is 19.1 Å². The minimum atomic E-state index is -0.969. The van der Waals surface area contributed by atoms with Gasteiger partial charge in [-0.1, -0.05) is 87.9 Å². The van der Waals surface area contributed by atoms with E-state index in [4.69, 9.17) is 4.74 Å². The minimum absolute atomic E-state index is 0.0239. The van der Waals surface area contributed by atoms with Crippen LogP contribution in [0.1, 0.15) is 49.9 Å². The van der Waals surface area contributed by atoms with Crippen LogP contribution < -0.4 is 9.64 Å². The quantitative estimate of drug-likeness (QED) is 0.339. The maximum atomic E-state index is 13.7. The summed E-state index contributed by atoms with van der Waals surface area (Å²) in [5.74, 6) is 0.330. The Balaban J connectivity index is 0.000000914. The Bertz CT molecular complexity index is 1070. The molecule has 5 heteroatoms.